The monoisotopic (exact) mass is 327 g/mol. The fourth-order valence-electron chi connectivity index (χ4n) is 2.49. The Labute approximate surface area is 132 Å². The van der Waals surface area contributed by atoms with Crippen molar-refractivity contribution in [1.29, 1.82) is 0 Å². The van der Waals surface area contributed by atoms with Gasteiger partial charge in [0.1, 0.15) is 5.82 Å². The highest BCUT2D eigenvalue weighted by Gasteiger charge is 2.22. The van der Waals surface area contributed by atoms with Crippen LogP contribution in [0, 0.1) is 0 Å². The van der Waals surface area contributed by atoms with E-state index < -0.39 is 0 Å². The number of rotatable bonds is 4. The van der Waals surface area contributed by atoms with E-state index in [0.29, 0.717) is 10.0 Å². The van der Waals surface area contributed by atoms with Crippen LogP contribution in [0.3, 0.4) is 0 Å². The minimum atomic E-state index is 0.625. The molecule has 0 aliphatic carbocycles. The molecule has 1 N–H and O–H groups in total. The first-order valence-electron chi connectivity index (χ1n) is 6.49. The molecule has 2 aromatic rings. The highest BCUT2D eigenvalue weighted by Crippen LogP contribution is 2.31. The number of hydrogen-bond donors (Lipinski definition) is 1. The maximum Gasteiger partial charge on any atom is 0.133 e. The first kappa shape index (κ1) is 14.1. The summed E-state index contributed by atoms with van der Waals surface area (Å²) in [6.07, 6.45) is 4.14. The predicted molar refractivity (Wildman–Crippen MR) is 87.9 cm³/mol. The zero-order chi connectivity index (χ0) is 14.1. The van der Waals surface area contributed by atoms with Crippen molar-refractivity contribution in [3.63, 3.8) is 0 Å². The van der Waals surface area contributed by atoms with Crippen molar-refractivity contribution >= 4 is 40.8 Å². The van der Waals surface area contributed by atoms with Gasteiger partial charge in [-0.1, -0.05) is 23.2 Å². The Bertz CT molecular complexity index is 619. The SMILES string of the molecule is CSCCc1nn(-c2cc(Cl)cc(Cl)c2)c2c1CCN2. The predicted octanol–water partition coefficient (Wildman–Crippen LogP) is 4.05. The molecule has 2 heterocycles. The fourth-order valence-corrected chi connectivity index (χ4v) is 3.41. The average Bonchev–Trinajstić information content (AvgIpc) is 2.97. The van der Waals surface area contributed by atoms with Gasteiger partial charge in [-0.15, -0.1) is 0 Å². The van der Waals surface area contributed by atoms with Crippen molar-refractivity contribution in [1.82, 2.24) is 9.78 Å². The molecule has 1 aromatic heterocycles. The van der Waals surface area contributed by atoms with E-state index in [9.17, 15) is 0 Å². The van der Waals surface area contributed by atoms with Crippen molar-refractivity contribution in [2.24, 2.45) is 0 Å². The minimum Gasteiger partial charge on any atom is -0.369 e. The molecule has 1 aliphatic heterocycles. The highest BCUT2D eigenvalue weighted by atomic mass is 35.5. The van der Waals surface area contributed by atoms with Gasteiger partial charge in [-0.25, -0.2) is 4.68 Å². The van der Waals surface area contributed by atoms with Crippen LogP contribution in [0.4, 0.5) is 5.82 Å². The fraction of sp³-hybridized carbons (Fsp3) is 0.357. The standard InChI is InChI=1S/C14H15Cl2N3S/c1-20-5-3-13-12-2-4-17-14(12)19(18-13)11-7-9(15)6-10(16)8-11/h6-8,17H,2-5H2,1H3. The molecule has 1 aliphatic rings. The van der Waals surface area contributed by atoms with Gasteiger partial charge in [0.25, 0.3) is 0 Å². The van der Waals surface area contributed by atoms with Crippen LogP contribution >= 0.6 is 35.0 Å². The average molecular weight is 328 g/mol. The molecule has 1 aromatic carbocycles. The minimum absolute atomic E-state index is 0.625. The summed E-state index contributed by atoms with van der Waals surface area (Å²) in [7, 11) is 0. The van der Waals surface area contributed by atoms with Crippen LogP contribution in [0.15, 0.2) is 18.2 Å². The highest BCUT2D eigenvalue weighted by molar-refractivity contribution is 7.98. The van der Waals surface area contributed by atoms with Gasteiger partial charge in [-0.2, -0.15) is 16.9 Å². The summed E-state index contributed by atoms with van der Waals surface area (Å²) in [5, 5.41) is 9.41. The summed E-state index contributed by atoms with van der Waals surface area (Å²) in [5.74, 6) is 2.17. The molecule has 0 unspecified atom stereocenters. The quantitative estimate of drug-likeness (QED) is 0.918. The molecule has 0 fully saturated rings. The number of hydrogen-bond acceptors (Lipinski definition) is 3. The third-order valence-electron chi connectivity index (χ3n) is 3.37. The molecule has 20 heavy (non-hydrogen) atoms. The lowest BCUT2D eigenvalue weighted by Gasteiger charge is -2.07. The molecule has 0 saturated carbocycles. The largest absolute Gasteiger partial charge is 0.369 e. The van der Waals surface area contributed by atoms with Gasteiger partial charge in [-0.05, 0) is 36.6 Å². The summed E-state index contributed by atoms with van der Waals surface area (Å²) in [6.45, 7) is 0.966. The number of halogens is 2. The molecular weight excluding hydrogens is 313 g/mol. The molecule has 0 atom stereocenters. The van der Waals surface area contributed by atoms with Gasteiger partial charge in [0.15, 0.2) is 0 Å². The molecular formula is C14H15Cl2N3S. The molecule has 0 radical (unpaired) electrons. The lowest BCUT2D eigenvalue weighted by atomic mass is 10.2. The van der Waals surface area contributed by atoms with Gasteiger partial charge in [-0.3, -0.25) is 0 Å². The van der Waals surface area contributed by atoms with Crippen LogP contribution < -0.4 is 5.32 Å². The van der Waals surface area contributed by atoms with Crippen molar-refractivity contribution in [3.8, 4) is 5.69 Å². The summed E-state index contributed by atoms with van der Waals surface area (Å²) in [6, 6.07) is 5.51. The maximum absolute atomic E-state index is 6.09. The zero-order valence-electron chi connectivity index (χ0n) is 11.1. The summed E-state index contributed by atoms with van der Waals surface area (Å²) in [4.78, 5) is 0. The number of aryl methyl sites for hydroxylation is 1. The van der Waals surface area contributed by atoms with Gasteiger partial charge in [0.05, 0.1) is 11.4 Å². The lowest BCUT2D eigenvalue weighted by Crippen LogP contribution is -2.05. The van der Waals surface area contributed by atoms with E-state index in [2.05, 4.69) is 11.6 Å². The van der Waals surface area contributed by atoms with Gasteiger partial charge < -0.3 is 5.32 Å². The molecule has 0 spiro atoms. The molecule has 0 bridgehead atoms. The number of fused-ring (bicyclic) bond motifs is 1. The summed E-state index contributed by atoms with van der Waals surface area (Å²) < 4.78 is 1.93. The van der Waals surface area contributed by atoms with E-state index >= 15 is 0 Å². The first-order chi connectivity index (χ1) is 9.69. The summed E-state index contributed by atoms with van der Waals surface area (Å²) in [5.41, 5.74) is 3.41. The zero-order valence-corrected chi connectivity index (χ0v) is 13.4. The van der Waals surface area contributed by atoms with E-state index in [1.807, 2.05) is 28.6 Å². The van der Waals surface area contributed by atoms with Gasteiger partial charge in [0.2, 0.25) is 0 Å². The second kappa shape index (κ2) is 5.88. The number of nitrogens with zero attached hydrogens (tertiary/aromatic N) is 2. The Morgan fingerprint density at radius 1 is 1.30 bits per heavy atom. The van der Waals surface area contributed by atoms with E-state index in [0.717, 1.165) is 36.6 Å². The van der Waals surface area contributed by atoms with Crippen molar-refractivity contribution < 1.29 is 0 Å². The molecule has 106 valence electrons. The third kappa shape index (κ3) is 2.65. The van der Waals surface area contributed by atoms with Crippen LogP contribution in [0.25, 0.3) is 5.69 Å². The Balaban J connectivity index is 2.05. The Hall–Kier alpha value is -0.840. The van der Waals surface area contributed by atoms with Crippen molar-refractivity contribution in [2.75, 3.05) is 23.9 Å². The Morgan fingerprint density at radius 3 is 2.75 bits per heavy atom. The lowest BCUT2D eigenvalue weighted by molar-refractivity contribution is 0.834. The summed E-state index contributed by atoms with van der Waals surface area (Å²) >= 11 is 14.0. The van der Waals surface area contributed by atoms with Crippen molar-refractivity contribution in [3.05, 3.63) is 39.5 Å². The topological polar surface area (TPSA) is 29.9 Å². The van der Waals surface area contributed by atoms with E-state index in [4.69, 9.17) is 28.3 Å². The third-order valence-corrected chi connectivity index (χ3v) is 4.42. The van der Waals surface area contributed by atoms with E-state index in [1.54, 1.807) is 6.07 Å². The number of aromatic nitrogens is 2. The molecule has 0 amide bonds. The van der Waals surface area contributed by atoms with Crippen molar-refractivity contribution in [2.45, 2.75) is 12.8 Å². The molecule has 0 saturated heterocycles. The number of nitrogens with one attached hydrogen (secondary N) is 1. The van der Waals surface area contributed by atoms with E-state index in [-0.39, 0.29) is 0 Å². The van der Waals surface area contributed by atoms with Crippen LogP contribution in [0.2, 0.25) is 10.0 Å². The number of thioether (sulfide) groups is 1. The Kier molecular flexibility index (Phi) is 4.15. The smallest absolute Gasteiger partial charge is 0.133 e. The molecule has 6 heteroatoms. The van der Waals surface area contributed by atoms with Crippen LogP contribution in [-0.4, -0.2) is 28.3 Å². The Morgan fingerprint density at radius 2 is 2.05 bits per heavy atom. The normalized spacial score (nSPS) is 13.3. The second-order valence-corrected chi connectivity index (χ2v) is 6.59. The van der Waals surface area contributed by atoms with Crippen LogP contribution in [0.1, 0.15) is 11.3 Å². The second-order valence-electron chi connectivity index (χ2n) is 4.73. The first-order valence-corrected chi connectivity index (χ1v) is 8.64. The molecule has 3 rings (SSSR count). The van der Waals surface area contributed by atoms with Crippen LogP contribution in [-0.2, 0) is 12.8 Å². The van der Waals surface area contributed by atoms with Gasteiger partial charge in [0, 0.05) is 28.6 Å². The number of anilines is 1. The van der Waals surface area contributed by atoms with E-state index in [1.165, 1.54) is 11.3 Å². The number of benzene rings is 1. The maximum atomic E-state index is 6.09. The van der Waals surface area contributed by atoms with Gasteiger partial charge >= 0.3 is 0 Å². The van der Waals surface area contributed by atoms with Crippen LogP contribution in [0.5, 0.6) is 0 Å². The molecule has 3 nitrogen and oxygen atoms in total.